The zero-order valence-electron chi connectivity index (χ0n) is 17.0. The summed E-state index contributed by atoms with van der Waals surface area (Å²) in [4.78, 5) is 19.9. The van der Waals surface area contributed by atoms with E-state index in [1.54, 1.807) is 60.3 Å². The third kappa shape index (κ3) is 4.36. The summed E-state index contributed by atoms with van der Waals surface area (Å²) in [6, 6.07) is 11.7. The van der Waals surface area contributed by atoms with E-state index in [1.807, 2.05) is 6.92 Å². The Balaban J connectivity index is 1.53. The van der Waals surface area contributed by atoms with Crippen LogP contribution >= 0.6 is 0 Å². The minimum atomic E-state index is -4.70. The first-order valence-corrected chi connectivity index (χ1v) is 9.50. The average Bonchev–Trinajstić information content (AvgIpc) is 3.36. The number of alkyl halides is 3. The highest BCUT2D eigenvalue weighted by Crippen LogP contribution is 2.29. The first kappa shape index (κ1) is 21.2. The molecular weight excluding hydrogens is 425 g/mol. The summed E-state index contributed by atoms with van der Waals surface area (Å²) in [6.45, 7) is 3.64. The molecule has 32 heavy (non-hydrogen) atoms. The van der Waals surface area contributed by atoms with Gasteiger partial charge in [-0.3, -0.25) is 4.79 Å². The number of carbonyl (C=O) groups is 1. The summed E-state index contributed by atoms with van der Waals surface area (Å²) in [5.41, 5.74) is 3.27. The van der Waals surface area contributed by atoms with Crippen molar-refractivity contribution in [3.63, 3.8) is 0 Å². The third-order valence-electron chi connectivity index (χ3n) is 4.75. The highest BCUT2D eigenvalue weighted by atomic mass is 19.4. The van der Waals surface area contributed by atoms with Gasteiger partial charge in [0.05, 0.1) is 17.8 Å². The van der Waals surface area contributed by atoms with Crippen LogP contribution in [0.3, 0.4) is 0 Å². The predicted octanol–water partition coefficient (Wildman–Crippen LogP) is 4.13. The fraction of sp³-hybridized carbons (Fsp3) is 0.190. The first-order valence-electron chi connectivity index (χ1n) is 9.50. The number of hydrogen-bond acceptors (Lipinski definition) is 6. The van der Waals surface area contributed by atoms with Gasteiger partial charge in [0.2, 0.25) is 11.7 Å². The molecule has 1 N–H and O–H groups in total. The molecule has 0 aliphatic rings. The molecule has 0 saturated heterocycles. The number of nitrogens with one attached hydrogen (secondary N) is 1. The summed E-state index contributed by atoms with van der Waals surface area (Å²) < 4.78 is 43.9. The number of benzene rings is 1. The lowest BCUT2D eigenvalue weighted by molar-refractivity contribution is -0.159. The molecule has 3 heterocycles. The lowest BCUT2D eigenvalue weighted by atomic mass is 10.1. The second kappa shape index (κ2) is 8.25. The average molecular weight is 442 g/mol. The van der Waals surface area contributed by atoms with Crippen molar-refractivity contribution in [2.24, 2.45) is 0 Å². The molecule has 4 rings (SSSR count). The van der Waals surface area contributed by atoms with Gasteiger partial charge in [-0.1, -0.05) is 11.2 Å². The standard InChI is InChI=1S/C21H17F3N6O2/c1-12-16(11-18(31)26-17-5-3-4-10-25-17)13(2)30(28-12)15-8-6-14(7-9-15)19-27-20(32-29-19)21(22,23)24/h3-10H,11H2,1-2H3,(H,25,26,31). The molecule has 0 unspecified atom stereocenters. The number of carbonyl (C=O) groups excluding carboxylic acids is 1. The lowest BCUT2D eigenvalue weighted by Gasteiger charge is -2.07. The van der Waals surface area contributed by atoms with Gasteiger partial charge in [0.1, 0.15) is 5.82 Å². The van der Waals surface area contributed by atoms with Crippen molar-refractivity contribution >= 4 is 11.7 Å². The maximum atomic E-state index is 12.7. The van der Waals surface area contributed by atoms with Crippen LogP contribution in [0.2, 0.25) is 0 Å². The molecule has 0 fully saturated rings. The number of hydrogen-bond donors (Lipinski definition) is 1. The van der Waals surface area contributed by atoms with Gasteiger partial charge in [-0.05, 0) is 50.2 Å². The van der Waals surface area contributed by atoms with Crippen molar-refractivity contribution in [1.29, 1.82) is 0 Å². The number of rotatable bonds is 5. The van der Waals surface area contributed by atoms with E-state index in [2.05, 4.69) is 30.1 Å². The Morgan fingerprint density at radius 3 is 2.50 bits per heavy atom. The number of aromatic nitrogens is 5. The van der Waals surface area contributed by atoms with E-state index in [9.17, 15) is 18.0 Å². The van der Waals surface area contributed by atoms with Gasteiger partial charge in [0.25, 0.3) is 0 Å². The highest BCUT2D eigenvalue weighted by molar-refractivity contribution is 5.91. The Bertz CT molecular complexity index is 1250. The van der Waals surface area contributed by atoms with Crippen molar-refractivity contribution in [2.45, 2.75) is 26.4 Å². The van der Waals surface area contributed by atoms with Crippen LogP contribution in [0.1, 0.15) is 22.8 Å². The molecule has 0 aliphatic carbocycles. The number of pyridine rings is 1. The molecule has 8 nitrogen and oxygen atoms in total. The smallest absolute Gasteiger partial charge is 0.329 e. The van der Waals surface area contributed by atoms with Crippen LogP contribution in [0.5, 0.6) is 0 Å². The molecule has 0 saturated carbocycles. The molecule has 0 atom stereocenters. The quantitative estimate of drug-likeness (QED) is 0.499. The summed E-state index contributed by atoms with van der Waals surface area (Å²) in [6.07, 6.45) is -2.99. The zero-order chi connectivity index (χ0) is 22.9. The van der Waals surface area contributed by atoms with Crippen LogP contribution in [0.4, 0.5) is 19.0 Å². The Morgan fingerprint density at radius 2 is 1.88 bits per heavy atom. The fourth-order valence-electron chi connectivity index (χ4n) is 3.17. The largest absolute Gasteiger partial charge is 0.471 e. The van der Waals surface area contributed by atoms with E-state index in [1.165, 1.54) is 0 Å². The van der Waals surface area contributed by atoms with E-state index in [4.69, 9.17) is 0 Å². The van der Waals surface area contributed by atoms with Gasteiger partial charge in [0, 0.05) is 23.0 Å². The van der Waals surface area contributed by atoms with Gasteiger partial charge >= 0.3 is 12.1 Å². The molecular formula is C21H17F3N6O2. The number of nitrogens with zero attached hydrogens (tertiary/aromatic N) is 5. The Morgan fingerprint density at radius 1 is 1.12 bits per heavy atom. The van der Waals surface area contributed by atoms with Crippen molar-refractivity contribution < 1.29 is 22.5 Å². The van der Waals surface area contributed by atoms with E-state index in [0.29, 0.717) is 22.8 Å². The molecule has 0 spiro atoms. The number of anilines is 1. The van der Waals surface area contributed by atoms with E-state index >= 15 is 0 Å². The van der Waals surface area contributed by atoms with Gasteiger partial charge < -0.3 is 9.84 Å². The van der Waals surface area contributed by atoms with E-state index in [-0.39, 0.29) is 18.2 Å². The lowest BCUT2D eigenvalue weighted by Crippen LogP contribution is -2.16. The molecule has 11 heteroatoms. The SMILES string of the molecule is Cc1nn(-c2ccc(-c3noc(C(F)(F)F)n3)cc2)c(C)c1CC(=O)Nc1ccccn1. The molecule has 0 aliphatic heterocycles. The second-order valence-electron chi connectivity index (χ2n) is 6.97. The van der Waals surface area contributed by atoms with Gasteiger partial charge in [-0.15, -0.1) is 0 Å². The summed E-state index contributed by atoms with van der Waals surface area (Å²) in [7, 11) is 0. The number of halogens is 3. The summed E-state index contributed by atoms with van der Waals surface area (Å²) in [5, 5.41) is 10.6. The topological polar surface area (TPSA) is 98.7 Å². The summed E-state index contributed by atoms with van der Waals surface area (Å²) in [5.74, 6) is -1.32. The molecule has 0 radical (unpaired) electrons. The van der Waals surface area contributed by atoms with E-state index in [0.717, 1.165) is 11.3 Å². The van der Waals surface area contributed by atoms with Gasteiger partial charge in [-0.2, -0.15) is 23.3 Å². The third-order valence-corrected chi connectivity index (χ3v) is 4.75. The monoisotopic (exact) mass is 442 g/mol. The van der Waals surface area contributed by atoms with Crippen molar-refractivity contribution in [3.05, 3.63) is 71.5 Å². The Kier molecular flexibility index (Phi) is 5.47. The molecule has 0 bridgehead atoms. The number of amides is 1. The molecule has 1 amide bonds. The van der Waals surface area contributed by atoms with Crippen LogP contribution in [0, 0.1) is 13.8 Å². The van der Waals surface area contributed by atoms with Crippen molar-refractivity contribution in [3.8, 4) is 17.1 Å². The van der Waals surface area contributed by atoms with Gasteiger partial charge in [0.15, 0.2) is 0 Å². The maximum absolute atomic E-state index is 12.7. The van der Waals surface area contributed by atoms with Crippen LogP contribution in [0.25, 0.3) is 17.1 Å². The molecule has 3 aromatic heterocycles. The van der Waals surface area contributed by atoms with Crippen molar-refractivity contribution in [1.82, 2.24) is 24.9 Å². The highest BCUT2D eigenvalue weighted by Gasteiger charge is 2.38. The Hall–Kier alpha value is -4.02. The Labute approximate surface area is 180 Å². The predicted molar refractivity (Wildman–Crippen MR) is 108 cm³/mol. The second-order valence-corrected chi connectivity index (χ2v) is 6.97. The minimum Gasteiger partial charge on any atom is -0.329 e. The fourth-order valence-corrected chi connectivity index (χ4v) is 3.17. The molecule has 4 aromatic rings. The minimum absolute atomic E-state index is 0.120. The van der Waals surface area contributed by atoms with Crippen LogP contribution in [0.15, 0.2) is 53.2 Å². The van der Waals surface area contributed by atoms with Crippen LogP contribution in [-0.4, -0.2) is 30.8 Å². The zero-order valence-corrected chi connectivity index (χ0v) is 17.0. The maximum Gasteiger partial charge on any atom is 0.471 e. The molecule has 1 aromatic carbocycles. The summed E-state index contributed by atoms with van der Waals surface area (Å²) >= 11 is 0. The first-order chi connectivity index (χ1) is 15.2. The molecule has 164 valence electrons. The number of aryl methyl sites for hydroxylation is 1. The van der Waals surface area contributed by atoms with Crippen molar-refractivity contribution in [2.75, 3.05) is 5.32 Å². The van der Waals surface area contributed by atoms with Crippen LogP contribution in [-0.2, 0) is 17.4 Å². The van der Waals surface area contributed by atoms with E-state index < -0.39 is 12.1 Å². The normalized spacial score (nSPS) is 11.5. The van der Waals surface area contributed by atoms with Gasteiger partial charge in [-0.25, -0.2) is 9.67 Å². The van der Waals surface area contributed by atoms with Crippen LogP contribution < -0.4 is 5.32 Å².